The summed E-state index contributed by atoms with van der Waals surface area (Å²) < 4.78 is 5.63. The minimum atomic E-state index is 0.0225. The van der Waals surface area contributed by atoms with Gasteiger partial charge in [-0.3, -0.25) is 9.69 Å². The van der Waals surface area contributed by atoms with E-state index in [0.29, 0.717) is 18.6 Å². The summed E-state index contributed by atoms with van der Waals surface area (Å²) in [5.41, 5.74) is 7.03. The van der Waals surface area contributed by atoms with Crippen LogP contribution in [0.3, 0.4) is 0 Å². The van der Waals surface area contributed by atoms with Crippen LogP contribution in [0.5, 0.6) is 0 Å². The molecule has 38 heavy (non-hydrogen) atoms. The first-order valence-electron chi connectivity index (χ1n) is 14.1. The molecular weight excluding hydrogens is 474 g/mol. The lowest BCUT2D eigenvalue weighted by atomic mass is 10.0. The standard InChI is InChI=1S/C31H37N5O2/c37-30-4-1-12-32-21-23-5-8-25(9-6-23)27-11-13-33-31(34-27)20-24-7-10-28(35-15-17-38-18-16-35)26(19-24)22-36-14-2-3-29(30)36/h5-11,13,19,29,32H,1-4,12,14-18,20-22H2/t29-/m0/s1. The quantitative estimate of drug-likeness (QED) is 0.530. The number of ketones is 1. The van der Waals surface area contributed by atoms with E-state index < -0.39 is 0 Å². The number of anilines is 1. The van der Waals surface area contributed by atoms with Crippen LogP contribution in [-0.4, -0.2) is 66.1 Å². The van der Waals surface area contributed by atoms with E-state index in [0.717, 1.165) is 88.8 Å². The van der Waals surface area contributed by atoms with Gasteiger partial charge < -0.3 is 15.0 Å². The van der Waals surface area contributed by atoms with Crippen LogP contribution in [0.25, 0.3) is 11.3 Å². The molecule has 4 aliphatic heterocycles. The number of hydrogen-bond acceptors (Lipinski definition) is 7. The predicted molar refractivity (Wildman–Crippen MR) is 149 cm³/mol. The number of carbonyl (C=O) groups is 1. The number of aromatic nitrogens is 2. The molecule has 2 fully saturated rings. The first-order chi connectivity index (χ1) is 18.7. The third kappa shape index (κ3) is 5.80. The number of benzene rings is 2. The zero-order valence-electron chi connectivity index (χ0n) is 22.1. The van der Waals surface area contributed by atoms with Gasteiger partial charge in [0.1, 0.15) is 11.6 Å². The summed E-state index contributed by atoms with van der Waals surface area (Å²) in [6.07, 6.45) is 6.09. The third-order valence-electron chi connectivity index (χ3n) is 8.03. The van der Waals surface area contributed by atoms with E-state index in [1.165, 1.54) is 22.4 Å². The van der Waals surface area contributed by atoms with E-state index >= 15 is 0 Å². The number of nitrogens with one attached hydrogen (secondary N) is 1. The van der Waals surface area contributed by atoms with Crippen LogP contribution in [0.2, 0.25) is 0 Å². The highest BCUT2D eigenvalue weighted by atomic mass is 16.5. The summed E-state index contributed by atoms with van der Waals surface area (Å²) in [7, 11) is 0. The molecule has 198 valence electrons. The number of hydrogen-bond donors (Lipinski definition) is 1. The molecule has 5 heterocycles. The van der Waals surface area contributed by atoms with Gasteiger partial charge >= 0.3 is 0 Å². The lowest BCUT2D eigenvalue weighted by Gasteiger charge is -2.32. The van der Waals surface area contributed by atoms with Gasteiger partial charge in [-0.1, -0.05) is 36.4 Å². The van der Waals surface area contributed by atoms with E-state index in [-0.39, 0.29) is 6.04 Å². The second kappa shape index (κ2) is 11.7. The molecule has 1 N–H and O–H groups in total. The molecular formula is C31H37N5O2. The van der Waals surface area contributed by atoms with E-state index in [1.54, 1.807) is 0 Å². The van der Waals surface area contributed by atoms with Crippen LogP contribution in [-0.2, 0) is 29.0 Å². The number of carbonyl (C=O) groups excluding carboxylic acids is 1. The fourth-order valence-corrected chi connectivity index (χ4v) is 5.99. The lowest BCUT2D eigenvalue weighted by molar-refractivity contribution is -0.123. The second-order valence-electron chi connectivity index (χ2n) is 10.7. The highest BCUT2D eigenvalue weighted by molar-refractivity contribution is 5.84. The minimum Gasteiger partial charge on any atom is -0.378 e. The Morgan fingerprint density at radius 2 is 1.79 bits per heavy atom. The summed E-state index contributed by atoms with van der Waals surface area (Å²) in [5, 5.41) is 3.51. The van der Waals surface area contributed by atoms with Gasteiger partial charge in [0.25, 0.3) is 0 Å². The zero-order valence-corrected chi connectivity index (χ0v) is 22.1. The number of fused-ring (bicyclic) bond motifs is 7. The molecule has 0 aliphatic carbocycles. The molecule has 3 aromatic rings. The van der Waals surface area contributed by atoms with Crippen molar-refractivity contribution in [2.45, 2.75) is 51.2 Å². The number of rotatable bonds is 1. The molecule has 2 saturated heterocycles. The van der Waals surface area contributed by atoms with Crippen LogP contribution in [0.1, 0.15) is 48.2 Å². The smallest absolute Gasteiger partial charge is 0.150 e. The molecule has 1 atom stereocenters. The molecule has 0 radical (unpaired) electrons. The third-order valence-corrected chi connectivity index (χ3v) is 8.03. The number of nitrogens with zero attached hydrogens (tertiary/aromatic N) is 4. The van der Waals surface area contributed by atoms with Gasteiger partial charge in [-0.25, -0.2) is 9.97 Å². The molecule has 7 rings (SSSR count). The first kappa shape index (κ1) is 25.2. The van der Waals surface area contributed by atoms with Crippen molar-refractivity contribution < 1.29 is 9.53 Å². The van der Waals surface area contributed by atoms with Crippen LogP contribution in [0, 0.1) is 0 Å². The minimum absolute atomic E-state index is 0.0225. The van der Waals surface area contributed by atoms with Gasteiger partial charge in [0.2, 0.25) is 0 Å². The maximum Gasteiger partial charge on any atom is 0.150 e. The molecule has 0 spiro atoms. The van der Waals surface area contributed by atoms with Crippen LogP contribution in [0.15, 0.2) is 54.7 Å². The van der Waals surface area contributed by atoms with E-state index in [1.807, 2.05) is 12.3 Å². The topological polar surface area (TPSA) is 70.6 Å². The van der Waals surface area contributed by atoms with Crippen molar-refractivity contribution in [1.82, 2.24) is 20.2 Å². The molecule has 6 bridgehead atoms. The largest absolute Gasteiger partial charge is 0.378 e. The van der Waals surface area contributed by atoms with E-state index in [9.17, 15) is 4.79 Å². The molecule has 0 saturated carbocycles. The van der Waals surface area contributed by atoms with Gasteiger partial charge in [0, 0.05) is 56.5 Å². The average molecular weight is 512 g/mol. The Kier molecular flexibility index (Phi) is 7.76. The Balaban J connectivity index is 1.34. The maximum absolute atomic E-state index is 13.3. The monoisotopic (exact) mass is 511 g/mol. The van der Waals surface area contributed by atoms with Crippen molar-refractivity contribution in [3.63, 3.8) is 0 Å². The van der Waals surface area contributed by atoms with Gasteiger partial charge in [-0.05, 0) is 61.2 Å². The SMILES string of the molecule is O=C1CCCNCc2ccc(cc2)-c2ccnc(n2)Cc2ccc(N3CCOCC3)c(c2)CN2CCC[C@@H]12. The van der Waals surface area contributed by atoms with E-state index in [4.69, 9.17) is 9.72 Å². The average Bonchev–Trinajstić information content (AvgIpc) is 3.42. The van der Waals surface area contributed by atoms with Crippen molar-refractivity contribution in [1.29, 1.82) is 0 Å². The van der Waals surface area contributed by atoms with Crippen LogP contribution < -0.4 is 10.2 Å². The summed E-state index contributed by atoms with van der Waals surface area (Å²) in [6, 6.07) is 17.4. The van der Waals surface area contributed by atoms with Gasteiger partial charge in [-0.2, -0.15) is 0 Å². The Morgan fingerprint density at radius 1 is 0.947 bits per heavy atom. The molecule has 4 aliphatic rings. The first-order valence-corrected chi connectivity index (χ1v) is 14.1. The molecule has 2 aromatic carbocycles. The van der Waals surface area contributed by atoms with Gasteiger partial charge in [-0.15, -0.1) is 0 Å². The van der Waals surface area contributed by atoms with Gasteiger partial charge in [0.05, 0.1) is 24.9 Å². The summed E-state index contributed by atoms with van der Waals surface area (Å²) in [5.74, 6) is 1.21. The van der Waals surface area contributed by atoms with Crippen molar-refractivity contribution in [3.8, 4) is 11.3 Å². The normalized spacial score (nSPS) is 21.3. The van der Waals surface area contributed by atoms with Gasteiger partial charge in [0.15, 0.2) is 0 Å². The van der Waals surface area contributed by atoms with Crippen molar-refractivity contribution >= 4 is 11.5 Å². The fraction of sp³-hybridized carbons (Fsp3) is 0.452. The zero-order chi connectivity index (χ0) is 25.7. The Labute approximate surface area is 225 Å². The summed E-state index contributed by atoms with van der Waals surface area (Å²) >= 11 is 0. The maximum atomic E-state index is 13.3. The lowest BCUT2D eigenvalue weighted by Crippen LogP contribution is -2.39. The van der Waals surface area contributed by atoms with Crippen molar-refractivity contribution in [2.24, 2.45) is 0 Å². The van der Waals surface area contributed by atoms with Crippen molar-refractivity contribution in [2.75, 3.05) is 44.3 Å². The highest BCUT2D eigenvalue weighted by Crippen LogP contribution is 2.29. The summed E-state index contributed by atoms with van der Waals surface area (Å²) in [4.78, 5) is 27.6. The highest BCUT2D eigenvalue weighted by Gasteiger charge is 2.31. The Hall–Kier alpha value is -3.13. The Bertz CT molecular complexity index is 1260. The molecule has 1 aromatic heterocycles. The fourth-order valence-electron chi connectivity index (χ4n) is 5.99. The molecule has 7 heteroatoms. The second-order valence-corrected chi connectivity index (χ2v) is 10.7. The van der Waals surface area contributed by atoms with E-state index in [2.05, 4.69) is 62.6 Å². The predicted octanol–water partition coefficient (Wildman–Crippen LogP) is 3.99. The number of Topliss-reactive ketones (excluding diaryl/α,β-unsaturated/α-hetero) is 1. The van der Waals surface area contributed by atoms with Crippen LogP contribution >= 0.6 is 0 Å². The Morgan fingerprint density at radius 3 is 2.66 bits per heavy atom. The molecule has 7 nitrogen and oxygen atoms in total. The molecule has 0 amide bonds. The molecule has 0 unspecified atom stereocenters. The summed E-state index contributed by atoms with van der Waals surface area (Å²) in [6.45, 7) is 6.71. The number of morpholine rings is 1. The van der Waals surface area contributed by atoms with Crippen LogP contribution in [0.4, 0.5) is 5.69 Å². The van der Waals surface area contributed by atoms with Crippen molar-refractivity contribution in [3.05, 3.63) is 77.2 Å². The number of ether oxygens (including phenoxy) is 1.